The highest BCUT2D eigenvalue weighted by Crippen LogP contribution is 2.32. The van der Waals surface area contributed by atoms with Crippen LogP contribution in [0, 0.1) is 10.5 Å². The third-order valence-corrected chi connectivity index (χ3v) is 5.50. The fourth-order valence-electron chi connectivity index (χ4n) is 2.27. The van der Waals surface area contributed by atoms with Crippen LogP contribution in [-0.4, -0.2) is 18.4 Å². The minimum Gasteiger partial charge on any atom is -0.483 e. The van der Waals surface area contributed by atoms with Crippen molar-refractivity contribution < 1.29 is 14.3 Å². The summed E-state index contributed by atoms with van der Waals surface area (Å²) in [4.78, 5) is 24.1. The van der Waals surface area contributed by atoms with Gasteiger partial charge in [0.05, 0.1) is 5.56 Å². The molecule has 7 heteroatoms. The van der Waals surface area contributed by atoms with Crippen LogP contribution in [0.3, 0.4) is 0 Å². The van der Waals surface area contributed by atoms with Gasteiger partial charge in [-0.25, -0.2) is 0 Å². The number of hydrazine groups is 1. The predicted octanol–water partition coefficient (Wildman–Crippen LogP) is 4.33. The highest BCUT2D eigenvalue weighted by atomic mass is 127. The first-order valence-electron chi connectivity index (χ1n) is 8.06. The van der Waals surface area contributed by atoms with E-state index in [-0.39, 0.29) is 18.4 Å². The van der Waals surface area contributed by atoms with Crippen LogP contribution in [0.5, 0.6) is 5.75 Å². The molecule has 0 saturated carbocycles. The summed E-state index contributed by atoms with van der Waals surface area (Å²) in [5.74, 6) is 0.120. The Labute approximate surface area is 175 Å². The number of hydrogen-bond acceptors (Lipinski definition) is 3. The molecule has 2 N–H and O–H groups in total. The van der Waals surface area contributed by atoms with Crippen LogP contribution in [0.15, 0.2) is 40.9 Å². The monoisotopic (exact) mass is 530 g/mol. The molecule has 26 heavy (non-hydrogen) atoms. The van der Waals surface area contributed by atoms with Crippen LogP contribution in [-0.2, 0) is 4.79 Å². The van der Waals surface area contributed by atoms with E-state index in [1.807, 2.05) is 31.2 Å². The number of benzene rings is 2. The summed E-state index contributed by atoms with van der Waals surface area (Å²) in [6.07, 6.45) is 0. The SMILES string of the molecule is Cc1cc(OCC(=O)NNC(=O)c2ccccc2I)c(C(C)C)cc1Br. The summed E-state index contributed by atoms with van der Waals surface area (Å²) >= 11 is 5.58. The molecule has 0 aromatic heterocycles. The van der Waals surface area contributed by atoms with E-state index in [0.29, 0.717) is 11.3 Å². The summed E-state index contributed by atoms with van der Waals surface area (Å²) in [5.41, 5.74) is 7.32. The molecular weight excluding hydrogens is 511 g/mol. The van der Waals surface area contributed by atoms with Crippen molar-refractivity contribution in [3.05, 3.63) is 61.1 Å². The molecule has 2 aromatic rings. The molecule has 0 spiro atoms. The Morgan fingerprint density at radius 1 is 1.19 bits per heavy atom. The van der Waals surface area contributed by atoms with Crippen molar-refractivity contribution in [3.63, 3.8) is 0 Å². The molecule has 0 aliphatic heterocycles. The largest absolute Gasteiger partial charge is 0.483 e. The predicted molar refractivity (Wildman–Crippen MR) is 113 cm³/mol. The number of halogens is 2. The van der Waals surface area contributed by atoms with Crippen molar-refractivity contribution in [2.45, 2.75) is 26.7 Å². The zero-order valence-electron chi connectivity index (χ0n) is 14.7. The highest BCUT2D eigenvalue weighted by molar-refractivity contribution is 14.1. The Morgan fingerprint density at radius 3 is 2.54 bits per heavy atom. The number of carbonyl (C=O) groups is 2. The Balaban J connectivity index is 1.94. The first-order valence-corrected chi connectivity index (χ1v) is 9.93. The molecule has 0 saturated heterocycles. The maximum atomic E-state index is 12.1. The van der Waals surface area contributed by atoms with E-state index in [0.717, 1.165) is 19.2 Å². The lowest BCUT2D eigenvalue weighted by atomic mass is 10.0. The van der Waals surface area contributed by atoms with E-state index < -0.39 is 5.91 Å². The Kier molecular flexibility index (Phi) is 7.45. The van der Waals surface area contributed by atoms with Gasteiger partial charge in [0.25, 0.3) is 11.8 Å². The lowest BCUT2D eigenvalue weighted by Crippen LogP contribution is -2.44. The van der Waals surface area contributed by atoms with Gasteiger partial charge in [0.15, 0.2) is 6.61 Å². The lowest BCUT2D eigenvalue weighted by molar-refractivity contribution is -0.123. The molecule has 0 aliphatic rings. The molecule has 5 nitrogen and oxygen atoms in total. The van der Waals surface area contributed by atoms with Crippen LogP contribution in [0.1, 0.15) is 41.3 Å². The quantitative estimate of drug-likeness (QED) is 0.447. The number of ether oxygens (including phenoxy) is 1. The van der Waals surface area contributed by atoms with Crippen LogP contribution >= 0.6 is 38.5 Å². The fourth-order valence-corrected chi connectivity index (χ4v) is 3.26. The molecule has 2 rings (SSSR count). The molecular formula is C19H20BrIN2O3. The van der Waals surface area contributed by atoms with Crippen molar-refractivity contribution in [2.75, 3.05) is 6.61 Å². The third kappa shape index (κ3) is 5.44. The number of nitrogens with one attached hydrogen (secondary N) is 2. The zero-order chi connectivity index (χ0) is 19.3. The van der Waals surface area contributed by atoms with E-state index in [2.05, 4.69) is 63.2 Å². The standard InChI is InChI=1S/C19H20BrIN2O3/c1-11(2)14-9-15(20)12(3)8-17(14)26-10-18(24)22-23-19(25)13-6-4-5-7-16(13)21/h4-9,11H,10H2,1-3H3,(H,22,24)(H,23,25). The topological polar surface area (TPSA) is 67.4 Å². The summed E-state index contributed by atoms with van der Waals surface area (Å²) in [5, 5.41) is 0. The Hall–Kier alpha value is -1.61. The van der Waals surface area contributed by atoms with Crippen molar-refractivity contribution in [3.8, 4) is 5.75 Å². The number of carbonyl (C=O) groups excluding carboxylic acids is 2. The molecule has 2 amide bonds. The van der Waals surface area contributed by atoms with Crippen molar-refractivity contribution >= 4 is 50.3 Å². The molecule has 0 bridgehead atoms. The summed E-state index contributed by atoms with van der Waals surface area (Å²) < 4.78 is 7.48. The number of hydrogen-bond donors (Lipinski definition) is 2. The minimum atomic E-state index is -0.431. The van der Waals surface area contributed by atoms with Gasteiger partial charge in [-0.05, 0) is 70.8 Å². The average Bonchev–Trinajstić information content (AvgIpc) is 2.60. The van der Waals surface area contributed by atoms with Gasteiger partial charge in [0.1, 0.15) is 5.75 Å². The zero-order valence-corrected chi connectivity index (χ0v) is 18.5. The number of rotatable bonds is 5. The molecule has 138 valence electrons. The van der Waals surface area contributed by atoms with E-state index in [1.165, 1.54) is 0 Å². The first-order chi connectivity index (χ1) is 12.3. The van der Waals surface area contributed by atoms with Gasteiger partial charge in [0, 0.05) is 8.04 Å². The molecule has 2 aromatic carbocycles. The van der Waals surface area contributed by atoms with E-state index in [4.69, 9.17) is 4.74 Å². The minimum absolute atomic E-state index is 0.188. The van der Waals surface area contributed by atoms with Gasteiger partial charge in [0.2, 0.25) is 0 Å². The van der Waals surface area contributed by atoms with Gasteiger partial charge < -0.3 is 4.74 Å². The maximum Gasteiger partial charge on any atom is 0.276 e. The van der Waals surface area contributed by atoms with Crippen LogP contribution < -0.4 is 15.6 Å². The second-order valence-corrected chi connectivity index (χ2v) is 8.08. The molecule has 0 fully saturated rings. The van der Waals surface area contributed by atoms with Crippen LogP contribution in [0.4, 0.5) is 0 Å². The lowest BCUT2D eigenvalue weighted by Gasteiger charge is -2.16. The smallest absolute Gasteiger partial charge is 0.276 e. The summed E-state index contributed by atoms with van der Waals surface area (Å²) in [6, 6.07) is 11.0. The second kappa shape index (κ2) is 9.36. The molecule has 0 atom stereocenters. The van der Waals surface area contributed by atoms with Crippen LogP contribution in [0.25, 0.3) is 0 Å². The Bertz CT molecular complexity index is 824. The summed E-state index contributed by atoms with van der Waals surface area (Å²) in [6.45, 7) is 5.90. The number of aryl methyl sites for hydroxylation is 1. The van der Waals surface area contributed by atoms with Crippen molar-refractivity contribution in [2.24, 2.45) is 0 Å². The molecule has 0 heterocycles. The normalized spacial score (nSPS) is 10.5. The van der Waals surface area contributed by atoms with Crippen molar-refractivity contribution in [1.82, 2.24) is 10.9 Å². The highest BCUT2D eigenvalue weighted by Gasteiger charge is 2.14. The third-order valence-electron chi connectivity index (χ3n) is 3.71. The maximum absolute atomic E-state index is 12.1. The molecule has 0 radical (unpaired) electrons. The second-order valence-electron chi connectivity index (χ2n) is 6.06. The van der Waals surface area contributed by atoms with Gasteiger partial charge in [-0.1, -0.05) is 41.9 Å². The van der Waals surface area contributed by atoms with Gasteiger partial charge in [-0.15, -0.1) is 0 Å². The summed E-state index contributed by atoms with van der Waals surface area (Å²) in [7, 11) is 0. The van der Waals surface area contributed by atoms with E-state index in [9.17, 15) is 9.59 Å². The van der Waals surface area contributed by atoms with Gasteiger partial charge in [-0.3, -0.25) is 20.4 Å². The molecule has 0 unspecified atom stereocenters. The van der Waals surface area contributed by atoms with Gasteiger partial charge in [-0.2, -0.15) is 0 Å². The number of amides is 2. The van der Waals surface area contributed by atoms with Crippen LogP contribution in [0.2, 0.25) is 0 Å². The van der Waals surface area contributed by atoms with Crippen molar-refractivity contribution in [1.29, 1.82) is 0 Å². The van der Waals surface area contributed by atoms with E-state index >= 15 is 0 Å². The molecule has 0 aliphatic carbocycles. The van der Waals surface area contributed by atoms with Gasteiger partial charge >= 0.3 is 0 Å². The first kappa shape index (κ1) is 20.7. The van der Waals surface area contributed by atoms with E-state index in [1.54, 1.807) is 12.1 Å². The fraction of sp³-hybridized carbons (Fsp3) is 0.263. The average molecular weight is 531 g/mol. The Morgan fingerprint density at radius 2 is 1.88 bits per heavy atom.